The van der Waals surface area contributed by atoms with Crippen LogP contribution in [0.15, 0.2) is 30.8 Å². The van der Waals surface area contributed by atoms with Gasteiger partial charge in [-0.3, -0.25) is 0 Å². The first-order chi connectivity index (χ1) is 7.63. The van der Waals surface area contributed by atoms with Crippen molar-refractivity contribution in [3.05, 3.63) is 41.4 Å². The van der Waals surface area contributed by atoms with Crippen LogP contribution in [0.25, 0.3) is 5.57 Å². The third-order valence-electron chi connectivity index (χ3n) is 1.88. The molecule has 0 atom stereocenters. The van der Waals surface area contributed by atoms with Crippen molar-refractivity contribution in [3.8, 4) is 0 Å². The quantitative estimate of drug-likeness (QED) is 0.756. The van der Waals surface area contributed by atoms with Gasteiger partial charge in [0.25, 0.3) is 0 Å². The van der Waals surface area contributed by atoms with Crippen LogP contribution in [0.5, 0.6) is 0 Å². The summed E-state index contributed by atoms with van der Waals surface area (Å²) in [7, 11) is 0. The Morgan fingerprint density at radius 1 is 1.31 bits per heavy atom. The van der Waals surface area contributed by atoms with E-state index < -0.39 is 6.16 Å². The van der Waals surface area contributed by atoms with Crippen LogP contribution >= 0.6 is 11.6 Å². The SMILES string of the molecule is C=C(COC(=O)OCC)c1ccc(Cl)cc1. The highest BCUT2D eigenvalue weighted by atomic mass is 35.5. The zero-order valence-electron chi connectivity index (χ0n) is 9.03. The van der Waals surface area contributed by atoms with E-state index in [0.29, 0.717) is 17.2 Å². The van der Waals surface area contributed by atoms with Crippen molar-refractivity contribution in [1.29, 1.82) is 0 Å². The summed E-state index contributed by atoms with van der Waals surface area (Å²) < 4.78 is 9.46. The first-order valence-electron chi connectivity index (χ1n) is 4.86. The van der Waals surface area contributed by atoms with Gasteiger partial charge in [-0.05, 0) is 30.2 Å². The summed E-state index contributed by atoms with van der Waals surface area (Å²) in [6.07, 6.45) is -0.683. The topological polar surface area (TPSA) is 35.5 Å². The molecule has 0 fully saturated rings. The molecule has 0 saturated heterocycles. The number of hydrogen-bond acceptors (Lipinski definition) is 3. The summed E-state index contributed by atoms with van der Waals surface area (Å²) in [6.45, 7) is 5.94. The summed E-state index contributed by atoms with van der Waals surface area (Å²) in [4.78, 5) is 10.9. The Bertz CT molecular complexity index is 370. The molecule has 0 amide bonds. The van der Waals surface area contributed by atoms with Gasteiger partial charge in [-0.25, -0.2) is 4.79 Å². The lowest BCUT2D eigenvalue weighted by Gasteiger charge is -2.07. The maximum atomic E-state index is 10.9. The Morgan fingerprint density at radius 2 is 1.94 bits per heavy atom. The van der Waals surface area contributed by atoms with E-state index in [9.17, 15) is 4.79 Å². The van der Waals surface area contributed by atoms with Crippen molar-refractivity contribution >= 4 is 23.3 Å². The van der Waals surface area contributed by atoms with Crippen molar-refractivity contribution in [3.63, 3.8) is 0 Å². The van der Waals surface area contributed by atoms with Gasteiger partial charge in [-0.1, -0.05) is 30.3 Å². The highest BCUT2D eigenvalue weighted by molar-refractivity contribution is 6.30. The Hall–Kier alpha value is -1.48. The lowest BCUT2D eigenvalue weighted by Crippen LogP contribution is -2.08. The standard InChI is InChI=1S/C12H13ClO3/c1-3-15-12(14)16-8-9(2)10-4-6-11(13)7-5-10/h4-7H,2-3,8H2,1H3. The van der Waals surface area contributed by atoms with Crippen LogP contribution in [-0.2, 0) is 9.47 Å². The van der Waals surface area contributed by atoms with Gasteiger partial charge < -0.3 is 9.47 Å². The molecule has 3 nitrogen and oxygen atoms in total. The lowest BCUT2D eigenvalue weighted by molar-refractivity contribution is 0.0687. The Labute approximate surface area is 99.6 Å². The fourth-order valence-electron chi connectivity index (χ4n) is 1.07. The number of benzene rings is 1. The number of carbonyl (C=O) groups excluding carboxylic acids is 1. The molecule has 4 heteroatoms. The number of hydrogen-bond donors (Lipinski definition) is 0. The monoisotopic (exact) mass is 240 g/mol. The maximum Gasteiger partial charge on any atom is 0.508 e. The molecule has 0 radical (unpaired) electrons. The third-order valence-corrected chi connectivity index (χ3v) is 2.13. The van der Waals surface area contributed by atoms with Gasteiger partial charge in [0.15, 0.2) is 0 Å². The molecule has 0 aliphatic rings. The van der Waals surface area contributed by atoms with Gasteiger partial charge >= 0.3 is 6.16 Å². The molecule has 0 bridgehead atoms. The van der Waals surface area contributed by atoms with Crippen molar-refractivity contribution < 1.29 is 14.3 Å². The first kappa shape index (κ1) is 12.6. The second kappa shape index (κ2) is 6.18. The summed E-state index contributed by atoms with van der Waals surface area (Å²) in [5, 5.41) is 0.655. The van der Waals surface area contributed by atoms with Gasteiger partial charge in [0.05, 0.1) is 6.61 Å². The van der Waals surface area contributed by atoms with Crippen molar-refractivity contribution in [2.24, 2.45) is 0 Å². The average Bonchev–Trinajstić information content (AvgIpc) is 2.27. The van der Waals surface area contributed by atoms with E-state index >= 15 is 0 Å². The normalized spacial score (nSPS) is 9.62. The summed E-state index contributed by atoms with van der Waals surface area (Å²) in [5.74, 6) is 0. The number of ether oxygens (including phenoxy) is 2. The number of carbonyl (C=O) groups is 1. The van der Waals surface area contributed by atoms with E-state index in [0.717, 1.165) is 5.56 Å². The van der Waals surface area contributed by atoms with E-state index in [-0.39, 0.29) is 6.61 Å². The predicted molar refractivity (Wildman–Crippen MR) is 63.5 cm³/mol. The molecule has 0 saturated carbocycles. The van der Waals surface area contributed by atoms with Gasteiger partial charge in [-0.15, -0.1) is 0 Å². The molecule has 16 heavy (non-hydrogen) atoms. The molecule has 0 unspecified atom stereocenters. The van der Waals surface area contributed by atoms with Crippen LogP contribution in [0.1, 0.15) is 12.5 Å². The minimum Gasteiger partial charge on any atom is -0.435 e. The van der Waals surface area contributed by atoms with E-state index in [1.165, 1.54) is 0 Å². The van der Waals surface area contributed by atoms with Gasteiger partial charge in [0.2, 0.25) is 0 Å². The minimum absolute atomic E-state index is 0.112. The average molecular weight is 241 g/mol. The first-order valence-corrected chi connectivity index (χ1v) is 5.24. The van der Waals surface area contributed by atoms with Gasteiger partial charge in [0.1, 0.15) is 6.61 Å². The summed E-state index contributed by atoms with van der Waals surface area (Å²) in [5.41, 5.74) is 1.58. The van der Waals surface area contributed by atoms with Crippen LogP contribution in [0.2, 0.25) is 5.02 Å². The fraction of sp³-hybridized carbons (Fsp3) is 0.250. The molecule has 1 aromatic carbocycles. The Kier molecular flexibility index (Phi) is 4.86. The van der Waals surface area contributed by atoms with Crippen molar-refractivity contribution in [2.45, 2.75) is 6.92 Å². The number of rotatable bonds is 4. The highest BCUT2D eigenvalue weighted by Crippen LogP contribution is 2.16. The van der Waals surface area contributed by atoms with Crippen LogP contribution in [-0.4, -0.2) is 19.4 Å². The summed E-state index contributed by atoms with van der Waals surface area (Å²) >= 11 is 5.75. The highest BCUT2D eigenvalue weighted by Gasteiger charge is 2.05. The summed E-state index contributed by atoms with van der Waals surface area (Å²) in [6, 6.07) is 7.15. The molecule has 86 valence electrons. The van der Waals surface area contributed by atoms with Crippen LogP contribution in [0, 0.1) is 0 Å². The molecular weight excluding hydrogens is 228 g/mol. The second-order valence-electron chi connectivity index (χ2n) is 3.08. The molecule has 0 N–H and O–H groups in total. The van der Waals surface area contributed by atoms with Crippen molar-refractivity contribution in [1.82, 2.24) is 0 Å². The molecule has 1 aromatic rings. The molecule has 0 aromatic heterocycles. The number of halogens is 1. The van der Waals surface area contributed by atoms with E-state index in [1.54, 1.807) is 19.1 Å². The smallest absolute Gasteiger partial charge is 0.435 e. The van der Waals surface area contributed by atoms with Gasteiger partial charge in [0, 0.05) is 5.02 Å². The lowest BCUT2D eigenvalue weighted by atomic mass is 10.1. The molecule has 0 aliphatic heterocycles. The Balaban J connectivity index is 2.47. The molecule has 0 spiro atoms. The molecule has 0 aliphatic carbocycles. The van der Waals surface area contributed by atoms with Crippen LogP contribution in [0.4, 0.5) is 4.79 Å². The Morgan fingerprint density at radius 3 is 2.50 bits per heavy atom. The molecular formula is C12H13ClO3. The van der Waals surface area contributed by atoms with Gasteiger partial charge in [-0.2, -0.15) is 0 Å². The van der Waals surface area contributed by atoms with Crippen LogP contribution in [0.3, 0.4) is 0 Å². The minimum atomic E-state index is -0.683. The predicted octanol–water partition coefficient (Wildman–Crippen LogP) is 3.53. The fourth-order valence-corrected chi connectivity index (χ4v) is 1.20. The molecule has 0 heterocycles. The maximum absolute atomic E-state index is 10.9. The zero-order valence-corrected chi connectivity index (χ0v) is 9.79. The van der Waals surface area contributed by atoms with E-state index in [4.69, 9.17) is 16.3 Å². The largest absolute Gasteiger partial charge is 0.508 e. The van der Waals surface area contributed by atoms with E-state index in [2.05, 4.69) is 11.3 Å². The third kappa shape index (κ3) is 3.95. The van der Waals surface area contributed by atoms with E-state index in [1.807, 2.05) is 12.1 Å². The zero-order chi connectivity index (χ0) is 12.0. The van der Waals surface area contributed by atoms with Crippen LogP contribution < -0.4 is 0 Å². The second-order valence-corrected chi connectivity index (χ2v) is 3.52. The van der Waals surface area contributed by atoms with Crippen molar-refractivity contribution in [2.75, 3.05) is 13.2 Å². The molecule has 1 rings (SSSR count).